The van der Waals surface area contributed by atoms with E-state index in [1.54, 1.807) is 30.3 Å². The normalized spacial score (nSPS) is 10.9. The first kappa shape index (κ1) is 22.5. The lowest BCUT2D eigenvalue weighted by Gasteiger charge is -2.11. The number of ether oxygens (including phenoxy) is 1. The molecule has 3 rings (SSSR count). The van der Waals surface area contributed by atoms with Crippen molar-refractivity contribution in [3.05, 3.63) is 90.3 Å². The Morgan fingerprint density at radius 2 is 1.73 bits per heavy atom. The van der Waals surface area contributed by atoms with Gasteiger partial charge in [0.1, 0.15) is 18.1 Å². The molecule has 0 bridgehead atoms. The Morgan fingerprint density at radius 1 is 1.07 bits per heavy atom. The minimum absolute atomic E-state index is 0.0763. The van der Waals surface area contributed by atoms with Gasteiger partial charge in [-0.2, -0.15) is 5.10 Å². The standard InChI is InChI=1S/C22H17Br3N2O3/c1-13-8-18(24)21(19(25)9-13)30-12-14-2-4-15(5-3-14)22(29)27-26-11-16-10-17(23)6-7-20(16)28/h2-11,28H,12H2,1H3,(H,27,29)/b26-11+. The minimum Gasteiger partial charge on any atom is -0.507 e. The first-order chi connectivity index (χ1) is 14.3. The zero-order valence-corrected chi connectivity index (χ0v) is 20.6. The van der Waals surface area contributed by atoms with Crippen LogP contribution in [0, 0.1) is 6.92 Å². The van der Waals surface area contributed by atoms with Crippen LogP contribution in [0.25, 0.3) is 0 Å². The summed E-state index contributed by atoms with van der Waals surface area (Å²) in [5.74, 6) is 0.456. The molecule has 0 atom stereocenters. The highest BCUT2D eigenvalue weighted by Crippen LogP contribution is 2.35. The average Bonchev–Trinajstić information content (AvgIpc) is 2.70. The van der Waals surface area contributed by atoms with Crippen molar-refractivity contribution in [1.29, 1.82) is 0 Å². The number of benzene rings is 3. The molecule has 0 aliphatic carbocycles. The summed E-state index contributed by atoms with van der Waals surface area (Å²) in [7, 11) is 0. The summed E-state index contributed by atoms with van der Waals surface area (Å²) in [4.78, 5) is 12.3. The maximum atomic E-state index is 12.3. The SMILES string of the molecule is Cc1cc(Br)c(OCc2ccc(C(=O)N/N=C/c3cc(Br)ccc3O)cc2)c(Br)c1. The zero-order valence-electron chi connectivity index (χ0n) is 15.8. The Kier molecular flexibility index (Phi) is 7.69. The second-order valence-electron chi connectivity index (χ2n) is 6.45. The number of hydrazone groups is 1. The van der Waals surface area contributed by atoms with E-state index in [0.717, 1.165) is 30.3 Å². The van der Waals surface area contributed by atoms with E-state index in [1.165, 1.54) is 6.21 Å². The molecular weight excluding hydrogens is 580 g/mol. The predicted molar refractivity (Wildman–Crippen MR) is 128 cm³/mol. The van der Waals surface area contributed by atoms with E-state index >= 15 is 0 Å². The number of carbonyl (C=O) groups excluding carboxylic acids is 1. The van der Waals surface area contributed by atoms with Crippen molar-refractivity contribution in [3.63, 3.8) is 0 Å². The van der Waals surface area contributed by atoms with Crippen molar-refractivity contribution in [3.8, 4) is 11.5 Å². The molecule has 0 aliphatic heterocycles. The van der Waals surface area contributed by atoms with E-state index in [4.69, 9.17) is 4.74 Å². The molecule has 3 aromatic carbocycles. The third-order valence-corrected chi connectivity index (χ3v) is 5.77. The number of rotatable bonds is 6. The molecule has 0 aliphatic rings. The highest BCUT2D eigenvalue weighted by molar-refractivity contribution is 9.11. The van der Waals surface area contributed by atoms with Crippen molar-refractivity contribution in [2.45, 2.75) is 13.5 Å². The van der Waals surface area contributed by atoms with Gasteiger partial charge in [0.05, 0.1) is 15.2 Å². The molecule has 5 nitrogen and oxygen atoms in total. The van der Waals surface area contributed by atoms with Gasteiger partial charge in [0.15, 0.2) is 0 Å². The molecule has 8 heteroatoms. The Balaban J connectivity index is 1.59. The van der Waals surface area contributed by atoms with Crippen molar-refractivity contribution in [2.75, 3.05) is 0 Å². The third kappa shape index (κ3) is 5.93. The summed E-state index contributed by atoms with van der Waals surface area (Å²) in [6.07, 6.45) is 1.39. The van der Waals surface area contributed by atoms with Gasteiger partial charge in [0.2, 0.25) is 0 Å². The number of phenolic OH excluding ortho intramolecular Hbond substituents is 1. The van der Waals surface area contributed by atoms with Gasteiger partial charge < -0.3 is 9.84 Å². The van der Waals surface area contributed by atoms with Crippen LogP contribution in [-0.4, -0.2) is 17.2 Å². The maximum Gasteiger partial charge on any atom is 0.271 e. The number of nitrogens with one attached hydrogen (secondary N) is 1. The van der Waals surface area contributed by atoms with E-state index in [0.29, 0.717) is 17.7 Å². The van der Waals surface area contributed by atoms with E-state index in [9.17, 15) is 9.90 Å². The van der Waals surface area contributed by atoms with Gasteiger partial charge in [-0.05, 0) is 92.4 Å². The molecule has 0 fully saturated rings. The number of nitrogens with zero attached hydrogens (tertiary/aromatic N) is 1. The summed E-state index contributed by atoms with van der Waals surface area (Å²) < 4.78 is 8.45. The fraction of sp³-hybridized carbons (Fsp3) is 0.0909. The van der Waals surface area contributed by atoms with Crippen LogP contribution >= 0.6 is 47.8 Å². The molecule has 0 aromatic heterocycles. The smallest absolute Gasteiger partial charge is 0.271 e. The summed E-state index contributed by atoms with van der Waals surface area (Å²) in [6, 6.07) is 16.0. The Bertz CT molecular complexity index is 1080. The maximum absolute atomic E-state index is 12.3. The fourth-order valence-corrected chi connectivity index (χ4v) is 4.61. The zero-order chi connectivity index (χ0) is 21.7. The number of hydrogen-bond donors (Lipinski definition) is 2. The van der Waals surface area contributed by atoms with Gasteiger partial charge in [-0.25, -0.2) is 5.43 Å². The van der Waals surface area contributed by atoms with Crippen LogP contribution in [0.4, 0.5) is 0 Å². The molecule has 1 amide bonds. The summed E-state index contributed by atoms with van der Waals surface area (Å²) in [5, 5.41) is 13.7. The molecule has 154 valence electrons. The summed E-state index contributed by atoms with van der Waals surface area (Å²) >= 11 is 10.3. The monoisotopic (exact) mass is 594 g/mol. The molecule has 0 unspecified atom stereocenters. The number of carbonyl (C=O) groups is 1. The van der Waals surface area contributed by atoms with E-state index in [1.807, 2.05) is 31.2 Å². The fourth-order valence-electron chi connectivity index (χ4n) is 2.59. The van der Waals surface area contributed by atoms with Crippen molar-refractivity contribution in [1.82, 2.24) is 5.43 Å². The van der Waals surface area contributed by atoms with Gasteiger partial charge in [-0.1, -0.05) is 28.1 Å². The Hall–Kier alpha value is -2.16. The van der Waals surface area contributed by atoms with Crippen LogP contribution < -0.4 is 10.2 Å². The number of aromatic hydroxyl groups is 1. The van der Waals surface area contributed by atoms with Gasteiger partial charge >= 0.3 is 0 Å². The second kappa shape index (κ2) is 10.2. The number of phenols is 1. The van der Waals surface area contributed by atoms with Crippen LogP contribution in [0.2, 0.25) is 0 Å². The lowest BCUT2D eigenvalue weighted by Crippen LogP contribution is -2.17. The van der Waals surface area contributed by atoms with Gasteiger partial charge in [-0.3, -0.25) is 4.79 Å². The molecule has 0 radical (unpaired) electrons. The van der Waals surface area contributed by atoms with Crippen molar-refractivity contribution < 1.29 is 14.6 Å². The molecule has 0 saturated heterocycles. The van der Waals surface area contributed by atoms with E-state index in [-0.39, 0.29) is 11.7 Å². The molecule has 0 heterocycles. The van der Waals surface area contributed by atoms with E-state index in [2.05, 4.69) is 58.3 Å². The molecule has 3 aromatic rings. The second-order valence-corrected chi connectivity index (χ2v) is 9.07. The van der Waals surface area contributed by atoms with Crippen molar-refractivity contribution in [2.24, 2.45) is 5.10 Å². The highest BCUT2D eigenvalue weighted by Gasteiger charge is 2.09. The number of hydrogen-bond acceptors (Lipinski definition) is 4. The first-order valence-electron chi connectivity index (χ1n) is 8.83. The van der Waals surface area contributed by atoms with Crippen molar-refractivity contribution >= 4 is 59.9 Å². The quantitative estimate of drug-likeness (QED) is 0.258. The molecule has 30 heavy (non-hydrogen) atoms. The van der Waals surface area contributed by atoms with Gasteiger partial charge in [0, 0.05) is 15.6 Å². The van der Waals surface area contributed by atoms with Crippen LogP contribution in [0.3, 0.4) is 0 Å². The largest absolute Gasteiger partial charge is 0.507 e. The highest BCUT2D eigenvalue weighted by atomic mass is 79.9. The van der Waals surface area contributed by atoms with Crippen LogP contribution in [0.5, 0.6) is 11.5 Å². The summed E-state index contributed by atoms with van der Waals surface area (Å²) in [6.45, 7) is 2.37. The third-order valence-electron chi connectivity index (χ3n) is 4.10. The average molecular weight is 597 g/mol. The number of halogens is 3. The van der Waals surface area contributed by atoms with Crippen LogP contribution in [0.15, 0.2) is 73.1 Å². The lowest BCUT2D eigenvalue weighted by molar-refractivity contribution is 0.0955. The molecule has 0 spiro atoms. The van der Waals surface area contributed by atoms with E-state index < -0.39 is 0 Å². The lowest BCUT2D eigenvalue weighted by atomic mass is 10.1. The van der Waals surface area contributed by atoms with Gasteiger partial charge in [0.25, 0.3) is 5.91 Å². The minimum atomic E-state index is -0.350. The molecular formula is C22H17Br3N2O3. The molecule has 2 N–H and O–H groups in total. The Labute approximate surface area is 199 Å². The Morgan fingerprint density at radius 3 is 2.40 bits per heavy atom. The van der Waals surface area contributed by atoms with Gasteiger partial charge in [-0.15, -0.1) is 0 Å². The topological polar surface area (TPSA) is 70.9 Å². The predicted octanol–water partition coefficient (Wildman–Crippen LogP) is 6.33. The molecule has 0 saturated carbocycles. The van der Waals surface area contributed by atoms with Crippen LogP contribution in [0.1, 0.15) is 27.0 Å². The first-order valence-corrected chi connectivity index (χ1v) is 11.2. The number of amides is 1. The summed E-state index contributed by atoms with van der Waals surface area (Å²) in [5.41, 5.74) is 5.45. The number of aryl methyl sites for hydroxylation is 1. The van der Waals surface area contributed by atoms with Crippen LogP contribution in [-0.2, 0) is 6.61 Å².